The maximum Gasteiger partial charge on any atom is 0.267 e. The molecule has 0 aliphatic heterocycles. The van der Waals surface area contributed by atoms with Crippen molar-refractivity contribution < 1.29 is 5.11 Å². The molecular weight excluding hydrogens is 468 g/mol. The SMILES string of the molecule is C[C@H](Nc1nccc(N)c1-c1ncn(C)n1)c1nc2cccc(C#CCO)c2c(=O)n1-c1ccccc1. The summed E-state index contributed by atoms with van der Waals surface area (Å²) in [7, 11) is 1.77. The number of hydrogen-bond acceptors (Lipinski definition) is 8. The second-order valence-electron chi connectivity index (χ2n) is 8.34. The summed E-state index contributed by atoms with van der Waals surface area (Å²) in [6, 6.07) is 15.8. The van der Waals surface area contributed by atoms with E-state index in [1.165, 1.54) is 0 Å². The van der Waals surface area contributed by atoms with E-state index in [0.29, 0.717) is 50.9 Å². The zero-order chi connectivity index (χ0) is 25.9. The molecule has 5 rings (SSSR count). The van der Waals surface area contributed by atoms with Crippen LogP contribution in [0.5, 0.6) is 0 Å². The van der Waals surface area contributed by atoms with Crippen LogP contribution in [-0.4, -0.2) is 41.0 Å². The monoisotopic (exact) mass is 492 g/mol. The molecule has 0 amide bonds. The number of aliphatic hydroxyl groups is 1. The van der Waals surface area contributed by atoms with Crippen molar-refractivity contribution in [2.45, 2.75) is 13.0 Å². The van der Waals surface area contributed by atoms with Gasteiger partial charge in [0.05, 0.1) is 28.2 Å². The van der Waals surface area contributed by atoms with Crippen LogP contribution in [0.25, 0.3) is 28.0 Å². The number of para-hydroxylation sites is 1. The van der Waals surface area contributed by atoms with Crippen molar-refractivity contribution in [3.8, 4) is 28.9 Å². The van der Waals surface area contributed by atoms with Crippen molar-refractivity contribution in [3.63, 3.8) is 0 Å². The van der Waals surface area contributed by atoms with Gasteiger partial charge in [-0.05, 0) is 37.3 Å². The van der Waals surface area contributed by atoms with Gasteiger partial charge in [-0.1, -0.05) is 36.1 Å². The quantitative estimate of drug-likeness (QED) is 0.319. The minimum Gasteiger partial charge on any atom is -0.398 e. The minimum atomic E-state index is -0.471. The Kier molecular flexibility index (Phi) is 6.36. The number of aryl methyl sites for hydroxylation is 1. The fourth-order valence-electron chi connectivity index (χ4n) is 4.15. The molecule has 4 N–H and O–H groups in total. The molecule has 0 aliphatic rings. The fraction of sp³-hybridized carbons (Fsp3) is 0.148. The van der Waals surface area contributed by atoms with Gasteiger partial charge in [0.25, 0.3) is 5.56 Å². The van der Waals surface area contributed by atoms with Crippen molar-refractivity contribution in [1.29, 1.82) is 0 Å². The number of aliphatic hydroxyl groups excluding tert-OH is 1. The summed E-state index contributed by atoms with van der Waals surface area (Å²) in [6.07, 6.45) is 3.19. The van der Waals surface area contributed by atoms with Crippen molar-refractivity contribution in [2.24, 2.45) is 7.05 Å². The fourth-order valence-corrected chi connectivity index (χ4v) is 4.15. The largest absolute Gasteiger partial charge is 0.398 e. The highest BCUT2D eigenvalue weighted by atomic mass is 16.2. The van der Waals surface area contributed by atoms with Gasteiger partial charge in [-0.2, -0.15) is 5.10 Å². The zero-order valence-corrected chi connectivity index (χ0v) is 20.3. The smallest absolute Gasteiger partial charge is 0.267 e. The summed E-state index contributed by atoms with van der Waals surface area (Å²) in [6.45, 7) is 1.58. The van der Waals surface area contributed by atoms with Gasteiger partial charge >= 0.3 is 0 Å². The van der Waals surface area contributed by atoms with Crippen molar-refractivity contribution in [1.82, 2.24) is 29.3 Å². The van der Waals surface area contributed by atoms with Gasteiger partial charge in [-0.15, -0.1) is 0 Å². The molecule has 0 saturated heterocycles. The van der Waals surface area contributed by atoms with Crippen molar-refractivity contribution in [3.05, 3.63) is 88.9 Å². The molecule has 2 aromatic carbocycles. The van der Waals surface area contributed by atoms with Crippen LogP contribution in [0, 0.1) is 11.8 Å². The lowest BCUT2D eigenvalue weighted by Gasteiger charge is -2.21. The van der Waals surface area contributed by atoms with Crippen LogP contribution in [0.4, 0.5) is 11.5 Å². The molecule has 10 heteroatoms. The zero-order valence-electron chi connectivity index (χ0n) is 20.3. The average Bonchev–Trinajstić information content (AvgIpc) is 3.33. The van der Waals surface area contributed by atoms with Gasteiger partial charge in [-0.3, -0.25) is 14.0 Å². The van der Waals surface area contributed by atoms with E-state index >= 15 is 0 Å². The van der Waals surface area contributed by atoms with Crippen LogP contribution in [0.2, 0.25) is 0 Å². The van der Waals surface area contributed by atoms with E-state index in [2.05, 4.69) is 32.2 Å². The predicted molar refractivity (Wildman–Crippen MR) is 142 cm³/mol. The normalized spacial score (nSPS) is 11.6. The van der Waals surface area contributed by atoms with Gasteiger partial charge in [-0.25, -0.2) is 15.0 Å². The Morgan fingerprint density at radius 3 is 2.65 bits per heavy atom. The van der Waals surface area contributed by atoms with E-state index in [9.17, 15) is 9.90 Å². The molecule has 0 fully saturated rings. The van der Waals surface area contributed by atoms with Gasteiger partial charge in [0, 0.05) is 24.5 Å². The lowest BCUT2D eigenvalue weighted by atomic mass is 10.1. The second-order valence-corrected chi connectivity index (χ2v) is 8.34. The van der Waals surface area contributed by atoms with E-state index in [1.807, 2.05) is 37.3 Å². The number of anilines is 2. The van der Waals surface area contributed by atoms with Crippen LogP contribution in [0.15, 0.2) is 71.9 Å². The predicted octanol–water partition coefficient (Wildman–Crippen LogP) is 2.68. The third-order valence-electron chi connectivity index (χ3n) is 5.79. The Hall–Kier alpha value is -5.01. The minimum absolute atomic E-state index is 0.269. The van der Waals surface area contributed by atoms with E-state index in [1.54, 1.807) is 53.1 Å². The summed E-state index contributed by atoms with van der Waals surface area (Å²) in [5.41, 5.74) is 8.70. The number of nitrogens with two attached hydrogens (primary N) is 1. The first-order valence-electron chi connectivity index (χ1n) is 11.6. The van der Waals surface area contributed by atoms with E-state index in [4.69, 9.17) is 10.7 Å². The highest BCUT2D eigenvalue weighted by Gasteiger charge is 2.22. The Bertz CT molecular complexity index is 1710. The first-order chi connectivity index (χ1) is 18.0. The second kappa shape index (κ2) is 9.93. The molecule has 184 valence electrons. The topological polar surface area (TPSA) is 137 Å². The molecule has 0 radical (unpaired) electrons. The number of benzene rings is 2. The Morgan fingerprint density at radius 2 is 1.92 bits per heavy atom. The van der Waals surface area contributed by atoms with E-state index < -0.39 is 6.04 Å². The average molecular weight is 493 g/mol. The molecule has 37 heavy (non-hydrogen) atoms. The summed E-state index contributed by atoms with van der Waals surface area (Å²) in [5, 5.41) is 17.3. The molecule has 0 saturated carbocycles. The number of pyridine rings is 1. The summed E-state index contributed by atoms with van der Waals surface area (Å²) in [5.74, 6) is 6.87. The van der Waals surface area contributed by atoms with Crippen LogP contribution in [0.1, 0.15) is 24.4 Å². The first kappa shape index (κ1) is 23.7. The number of aromatic nitrogens is 6. The van der Waals surface area contributed by atoms with Gasteiger partial charge in [0.15, 0.2) is 5.82 Å². The molecular formula is C27H24N8O2. The molecule has 0 unspecified atom stereocenters. The summed E-state index contributed by atoms with van der Waals surface area (Å²) in [4.78, 5) is 27.6. The van der Waals surface area contributed by atoms with Crippen molar-refractivity contribution >= 4 is 22.4 Å². The van der Waals surface area contributed by atoms with Crippen LogP contribution in [0.3, 0.4) is 0 Å². The molecule has 1 atom stereocenters. The van der Waals surface area contributed by atoms with Crippen molar-refractivity contribution in [2.75, 3.05) is 17.7 Å². The highest BCUT2D eigenvalue weighted by Crippen LogP contribution is 2.31. The van der Waals surface area contributed by atoms with E-state index in [0.717, 1.165) is 0 Å². The highest BCUT2D eigenvalue weighted by molar-refractivity contribution is 5.85. The summed E-state index contributed by atoms with van der Waals surface area (Å²) >= 11 is 0. The van der Waals surface area contributed by atoms with Gasteiger partial charge in [0.1, 0.15) is 24.6 Å². The maximum atomic E-state index is 13.9. The molecule has 3 heterocycles. The number of rotatable bonds is 5. The van der Waals surface area contributed by atoms with Crippen LogP contribution < -0.4 is 16.6 Å². The molecule has 3 aromatic heterocycles. The van der Waals surface area contributed by atoms with Crippen LogP contribution >= 0.6 is 0 Å². The first-order valence-corrected chi connectivity index (χ1v) is 11.6. The molecule has 0 aliphatic carbocycles. The third kappa shape index (κ3) is 4.51. The Labute approximate surface area is 212 Å². The molecule has 0 spiro atoms. The maximum absolute atomic E-state index is 13.9. The lowest BCUT2D eigenvalue weighted by molar-refractivity contribution is 0.350. The number of fused-ring (bicyclic) bond motifs is 1. The van der Waals surface area contributed by atoms with Gasteiger partial charge in [0.2, 0.25) is 0 Å². The third-order valence-corrected chi connectivity index (χ3v) is 5.79. The molecule has 0 bridgehead atoms. The molecule has 5 aromatic rings. The van der Waals surface area contributed by atoms with E-state index in [-0.39, 0.29) is 12.2 Å². The number of hydrogen-bond donors (Lipinski definition) is 3. The van der Waals surface area contributed by atoms with Gasteiger partial charge < -0.3 is 16.2 Å². The number of nitrogens with zero attached hydrogens (tertiary/aromatic N) is 6. The van der Waals surface area contributed by atoms with Crippen LogP contribution in [-0.2, 0) is 7.05 Å². The Balaban J connectivity index is 1.69. The lowest BCUT2D eigenvalue weighted by Crippen LogP contribution is -2.28. The standard InChI is InChI=1S/C27H24N8O2/c1-17(31-24-23(20(28)13-14-29-24)25-30-16-34(2)33-25)26-32-21-12-6-8-18(9-7-15-36)22(21)27(37)35(26)19-10-4-3-5-11-19/h3-6,8,10-14,16-17,36H,15H2,1-2H3,(H3,28,29,31)/t17-/m0/s1. The molecule has 10 nitrogen and oxygen atoms in total. The number of nitrogens with one attached hydrogen (secondary N) is 1. The Morgan fingerprint density at radius 1 is 1.11 bits per heavy atom. The summed E-state index contributed by atoms with van der Waals surface area (Å²) < 4.78 is 3.15. The number of nitrogen functional groups attached to an aromatic ring is 1.